The van der Waals surface area contributed by atoms with Crippen LogP contribution in [0.3, 0.4) is 0 Å². The highest BCUT2D eigenvalue weighted by atomic mass is 32.1. The van der Waals surface area contributed by atoms with Crippen molar-refractivity contribution in [1.82, 2.24) is 20.3 Å². The summed E-state index contributed by atoms with van der Waals surface area (Å²) in [5.41, 5.74) is 0.755. The van der Waals surface area contributed by atoms with Gasteiger partial charge in [-0.1, -0.05) is 0 Å². The highest BCUT2D eigenvalue weighted by Crippen LogP contribution is 2.46. The summed E-state index contributed by atoms with van der Waals surface area (Å²) in [6.07, 6.45) is 2.80. The normalized spacial score (nSPS) is 19.7. The summed E-state index contributed by atoms with van der Waals surface area (Å²) in [5.74, 6) is -0.893. The molecule has 210 valence electrons. The lowest BCUT2D eigenvalue weighted by atomic mass is 9.94. The molecule has 10 nitrogen and oxygen atoms in total. The number of halogens is 2. The zero-order chi connectivity index (χ0) is 28.6. The van der Waals surface area contributed by atoms with Crippen LogP contribution in [-0.2, 0) is 22.7 Å². The molecule has 1 aromatic carbocycles. The van der Waals surface area contributed by atoms with Crippen LogP contribution in [0.15, 0.2) is 12.4 Å². The number of anilines is 2. The van der Waals surface area contributed by atoms with Crippen LogP contribution in [0.5, 0.6) is 0 Å². The Kier molecular flexibility index (Phi) is 5.86. The highest BCUT2D eigenvalue weighted by Gasteiger charge is 2.42. The number of rotatable bonds is 3. The summed E-state index contributed by atoms with van der Waals surface area (Å²) < 4.78 is 42.9. The largest absolute Gasteiger partial charge is 0.444 e. The van der Waals surface area contributed by atoms with Gasteiger partial charge in [-0.05, 0) is 38.3 Å². The van der Waals surface area contributed by atoms with Crippen molar-refractivity contribution in [2.45, 2.75) is 58.1 Å². The zero-order valence-electron chi connectivity index (χ0n) is 22.5. The van der Waals surface area contributed by atoms with E-state index in [0.29, 0.717) is 22.9 Å². The van der Waals surface area contributed by atoms with Crippen LogP contribution in [0, 0.1) is 23.0 Å². The number of thiophene rings is 1. The number of nitrogens with zero attached hydrogens (tertiary/aromatic N) is 5. The van der Waals surface area contributed by atoms with Crippen LogP contribution >= 0.6 is 11.3 Å². The minimum absolute atomic E-state index is 0.0333. The molecule has 0 radical (unpaired) electrons. The minimum atomic E-state index is -0.795. The van der Waals surface area contributed by atoms with E-state index in [4.69, 9.17) is 9.47 Å². The molecular weight excluding hydrogens is 552 g/mol. The Morgan fingerprint density at radius 1 is 1.27 bits per heavy atom. The van der Waals surface area contributed by atoms with Crippen LogP contribution in [0.2, 0.25) is 0 Å². The smallest absolute Gasteiger partial charge is 0.412 e. The average Bonchev–Trinajstić information content (AvgIpc) is 3.60. The molecule has 1 amide bonds. The first-order valence-corrected chi connectivity index (χ1v) is 14.1. The third kappa shape index (κ3) is 4.08. The van der Waals surface area contributed by atoms with E-state index in [0.717, 1.165) is 42.6 Å². The molecule has 2 saturated heterocycles. The van der Waals surface area contributed by atoms with E-state index in [1.165, 1.54) is 0 Å². The van der Waals surface area contributed by atoms with E-state index >= 15 is 8.78 Å². The number of carbonyl (C=O) groups is 1. The van der Waals surface area contributed by atoms with E-state index in [1.54, 1.807) is 27.0 Å². The van der Waals surface area contributed by atoms with Crippen LogP contribution in [0.1, 0.15) is 43.9 Å². The Morgan fingerprint density at radius 3 is 2.78 bits per heavy atom. The van der Waals surface area contributed by atoms with Gasteiger partial charge in [-0.25, -0.2) is 23.5 Å². The molecule has 0 saturated carbocycles. The monoisotopic (exact) mass is 577 g/mol. The second-order valence-corrected chi connectivity index (χ2v) is 12.4. The molecule has 13 heteroatoms. The fourth-order valence-electron chi connectivity index (χ4n) is 5.84. The summed E-state index contributed by atoms with van der Waals surface area (Å²) in [7, 11) is 0. The van der Waals surface area contributed by atoms with Gasteiger partial charge in [-0.2, -0.15) is 5.26 Å². The number of pyridine rings is 1. The van der Waals surface area contributed by atoms with Crippen LogP contribution in [0.25, 0.3) is 32.2 Å². The molecule has 2 N–H and O–H groups in total. The molecular formula is C28H25F2N7O3S. The molecule has 2 atom stereocenters. The molecule has 3 aliphatic heterocycles. The predicted octanol–water partition coefficient (Wildman–Crippen LogP) is 4.98. The molecule has 0 spiro atoms. The Morgan fingerprint density at radius 2 is 2.07 bits per heavy atom. The van der Waals surface area contributed by atoms with Crippen molar-refractivity contribution in [3.63, 3.8) is 0 Å². The molecule has 2 fully saturated rings. The molecule has 0 aliphatic carbocycles. The number of aromatic nitrogens is 3. The van der Waals surface area contributed by atoms with Crippen molar-refractivity contribution in [2.24, 2.45) is 0 Å². The standard InChI is InChI=1S/C28H25F2N7O3S/c1-28(2,3)40-27(38)36-25-12(6-31)20-23(33-8-16(29)24(20)41-25)19-15-11-39-10-14(15)13-7-34-26(35-22(13)21(19)30)37-5-4-17-18(37)9-32-17/h7-8,17-18,32H,4-5,9-11H2,1-3H3,(H,36,38)/t17-,18-/m0/s1. The number of nitrogens with one attached hydrogen (secondary N) is 2. The van der Waals surface area contributed by atoms with Crippen molar-refractivity contribution < 1.29 is 23.0 Å². The van der Waals surface area contributed by atoms with Crippen molar-refractivity contribution >= 4 is 49.4 Å². The van der Waals surface area contributed by atoms with Crippen molar-refractivity contribution in [2.75, 3.05) is 23.3 Å². The van der Waals surface area contributed by atoms with Gasteiger partial charge in [0.15, 0.2) is 11.6 Å². The number of amides is 1. The van der Waals surface area contributed by atoms with Gasteiger partial charge >= 0.3 is 6.09 Å². The van der Waals surface area contributed by atoms with Gasteiger partial charge < -0.3 is 19.7 Å². The highest BCUT2D eigenvalue weighted by molar-refractivity contribution is 7.23. The lowest BCUT2D eigenvalue weighted by molar-refractivity contribution is 0.0636. The number of hydrogen-bond donors (Lipinski definition) is 2. The third-order valence-corrected chi connectivity index (χ3v) is 8.82. The molecule has 3 aliphatic rings. The molecule has 7 rings (SSSR count). The van der Waals surface area contributed by atoms with E-state index in [-0.39, 0.29) is 56.7 Å². The fraction of sp³-hybridized carbons (Fsp3) is 0.393. The zero-order valence-corrected chi connectivity index (χ0v) is 23.3. The second-order valence-electron chi connectivity index (χ2n) is 11.3. The van der Waals surface area contributed by atoms with Gasteiger partial charge in [0, 0.05) is 41.7 Å². The predicted molar refractivity (Wildman–Crippen MR) is 149 cm³/mol. The topological polar surface area (TPSA) is 125 Å². The molecule has 4 aromatic rings. The van der Waals surface area contributed by atoms with Gasteiger partial charge in [-0.15, -0.1) is 11.3 Å². The number of carbonyl (C=O) groups excluding carboxylic acids is 1. The number of fused-ring (bicyclic) bond motifs is 5. The summed E-state index contributed by atoms with van der Waals surface area (Å²) in [4.78, 5) is 28.2. The SMILES string of the molecule is CC(C)(C)OC(=O)Nc1sc2c(F)cnc(-c3c4c(c5cnc(N6CC[C@@H]7NC[C@@H]76)nc5c3F)COC4)c2c1C#N. The van der Waals surface area contributed by atoms with Crippen LogP contribution in [0.4, 0.5) is 24.5 Å². The molecule has 6 heterocycles. The molecule has 41 heavy (non-hydrogen) atoms. The van der Waals surface area contributed by atoms with Crippen molar-refractivity contribution in [3.8, 4) is 17.3 Å². The van der Waals surface area contributed by atoms with E-state index in [2.05, 4.69) is 36.6 Å². The Labute approximate surface area is 237 Å². The van der Waals surface area contributed by atoms with E-state index < -0.39 is 23.3 Å². The Balaban J connectivity index is 1.42. The molecule has 3 aromatic heterocycles. The lowest BCUT2D eigenvalue weighted by Gasteiger charge is -2.37. The maximum Gasteiger partial charge on any atom is 0.412 e. The van der Waals surface area contributed by atoms with Gasteiger partial charge in [0.1, 0.15) is 22.2 Å². The lowest BCUT2D eigenvalue weighted by Crippen LogP contribution is -2.59. The average molecular weight is 578 g/mol. The Bertz CT molecular complexity index is 1810. The number of benzene rings is 1. The van der Waals surface area contributed by atoms with E-state index in [9.17, 15) is 10.1 Å². The first-order chi connectivity index (χ1) is 19.6. The molecule has 0 bridgehead atoms. The maximum atomic E-state index is 16.7. The van der Waals surface area contributed by atoms with E-state index in [1.807, 2.05) is 0 Å². The fourth-order valence-corrected chi connectivity index (χ4v) is 6.88. The molecule has 0 unspecified atom stereocenters. The minimum Gasteiger partial charge on any atom is -0.444 e. The summed E-state index contributed by atoms with van der Waals surface area (Å²) in [5, 5.41) is 16.8. The first-order valence-electron chi connectivity index (χ1n) is 13.2. The number of hydrogen-bond acceptors (Lipinski definition) is 10. The summed E-state index contributed by atoms with van der Waals surface area (Å²) in [6.45, 7) is 7.04. The summed E-state index contributed by atoms with van der Waals surface area (Å²) in [6, 6.07) is 2.70. The third-order valence-electron chi connectivity index (χ3n) is 7.71. The van der Waals surface area contributed by atoms with Crippen molar-refractivity contribution in [3.05, 3.63) is 40.7 Å². The quantitative estimate of drug-likeness (QED) is 0.347. The van der Waals surface area contributed by atoms with Gasteiger partial charge in [0.05, 0.1) is 41.4 Å². The van der Waals surface area contributed by atoms with Gasteiger partial charge in [0.2, 0.25) is 5.95 Å². The Hall–Kier alpha value is -3.99. The summed E-state index contributed by atoms with van der Waals surface area (Å²) >= 11 is 0.866. The van der Waals surface area contributed by atoms with Gasteiger partial charge in [0.25, 0.3) is 0 Å². The second kappa shape index (κ2) is 9.27. The van der Waals surface area contributed by atoms with Crippen LogP contribution in [-0.4, -0.2) is 51.8 Å². The maximum absolute atomic E-state index is 16.7. The van der Waals surface area contributed by atoms with Crippen LogP contribution < -0.4 is 15.5 Å². The number of ether oxygens (including phenoxy) is 2. The van der Waals surface area contributed by atoms with Gasteiger partial charge in [-0.3, -0.25) is 10.3 Å². The number of nitriles is 1. The van der Waals surface area contributed by atoms with Crippen molar-refractivity contribution in [1.29, 1.82) is 5.26 Å². The first kappa shape index (κ1) is 25.9.